The molecule has 20 heavy (non-hydrogen) atoms. The van der Waals surface area contributed by atoms with E-state index in [1.165, 1.54) is 23.6 Å². The van der Waals surface area contributed by atoms with Crippen LogP contribution in [0.15, 0.2) is 28.9 Å². The van der Waals surface area contributed by atoms with E-state index in [2.05, 4.69) is 10.5 Å². The molecule has 2 rings (SSSR count). The standard InChI is InChI=1S/C13H12N2O4S/c1-8-6-11(20-10(8)2-3-12(16)17)13(18)14-7-9-4-5-15-19-9/h2-6H,7H2,1H3,(H,14,18)(H,16,17)/b3-2+. The molecule has 0 aliphatic heterocycles. The highest BCUT2D eigenvalue weighted by Gasteiger charge is 2.11. The van der Waals surface area contributed by atoms with Crippen molar-refractivity contribution in [2.24, 2.45) is 0 Å². The van der Waals surface area contributed by atoms with Crippen LogP contribution in [0.4, 0.5) is 0 Å². The maximum atomic E-state index is 11.9. The van der Waals surface area contributed by atoms with Crippen LogP contribution in [0.5, 0.6) is 0 Å². The minimum absolute atomic E-state index is 0.232. The number of carbonyl (C=O) groups is 2. The Kier molecular flexibility index (Phi) is 4.31. The molecule has 6 nitrogen and oxygen atoms in total. The third-order valence-electron chi connectivity index (χ3n) is 2.47. The van der Waals surface area contributed by atoms with Gasteiger partial charge in [-0.2, -0.15) is 0 Å². The van der Waals surface area contributed by atoms with Crippen LogP contribution in [-0.2, 0) is 11.3 Å². The number of rotatable bonds is 5. The third kappa shape index (κ3) is 3.55. The first-order chi connectivity index (χ1) is 9.56. The van der Waals surface area contributed by atoms with E-state index in [1.54, 1.807) is 12.1 Å². The highest BCUT2D eigenvalue weighted by atomic mass is 32.1. The summed E-state index contributed by atoms with van der Waals surface area (Å²) in [7, 11) is 0. The van der Waals surface area contributed by atoms with E-state index in [0.717, 1.165) is 16.5 Å². The Balaban J connectivity index is 2.03. The van der Waals surface area contributed by atoms with Gasteiger partial charge >= 0.3 is 5.97 Å². The minimum Gasteiger partial charge on any atom is -0.478 e. The summed E-state index contributed by atoms with van der Waals surface area (Å²) in [6.07, 6.45) is 4.04. The number of aryl methyl sites for hydroxylation is 1. The van der Waals surface area contributed by atoms with E-state index in [1.807, 2.05) is 6.92 Å². The Morgan fingerprint density at radius 3 is 3.00 bits per heavy atom. The number of amides is 1. The highest BCUT2D eigenvalue weighted by molar-refractivity contribution is 7.15. The van der Waals surface area contributed by atoms with Crippen molar-refractivity contribution < 1.29 is 19.2 Å². The van der Waals surface area contributed by atoms with Gasteiger partial charge in [0.25, 0.3) is 5.91 Å². The molecule has 2 N–H and O–H groups in total. The molecular weight excluding hydrogens is 280 g/mol. The second kappa shape index (κ2) is 6.16. The van der Waals surface area contributed by atoms with Crippen molar-refractivity contribution >= 4 is 29.3 Å². The Labute approximate surface area is 118 Å². The van der Waals surface area contributed by atoms with E-state index in [0.29, 0.717) is 10.6 Å². The number of aromatic nitrogens is 1. The fourth-order valence-corrected chi connectivity index (χ4v) is 2.50. The molecule has 0 radical (unpaired) electrons. The number of hydrogen-bond acceptors (Lipinski definition) is 5. The predicted molar refractivity (Wildman–Crippen MR) is 73.4 cm³/mol. The van der Waals surface area contributed by atoms with Crippen LogP contribution >= 0.6 is 11.3 Å². The first-order valence-corrected chi connectivity index (χ1v) is 6.57. The van der Waals surface area contributed by atoms with Crippen LogP contribution in [0.25, 0.3) is 6.08 Å². The van der Waals surface area contributed by atoms with Crippen LogP contribution in [0.2, 0.25) is 0 Å². The summed E-state index contributed by atoms with van der Waals surface area (Å²) in [4.78, 5) is 23.7. The molecule has 2 aromatic heterocycles. The molecule has 1 amide bonds. The third-order valence-corrected chi connectivity index (χ3v) is 3.67. The Bertz CT molecular complexity index is 643. The summed E-state index contributed by atoms with van der Waals surface area (Å²) < 4.78 is 4.88. The average molecular weight is 292 g/mol. The van der Waals surface area contributed by atoms with Gasteiger partial charge in [0.1, 0.15) is 0 Å². The normalized spacial score (nSPS) is 10.8. The number of thiophene rings is 1. The molecule has 0 aromatic carbocycles. The maximum Gasteiger partial charge on any atom is 0.328 e. The predicted octanol–water partition coefficient (Wildman–Crippen LogP) is 2.07. The van der Waals surface area contributed by atoms with Crippen molar-refractivity contribution in [3.8, 4) is 0 Å². The number of carboxylic acids is 1. The number of nitrogens with one attached hydrogen (secondary N) is 1. The molecule has 104 valence electrons. The van der Waals surface area contributed by atoms with Crippen LogP contribution in [0, 0.1) is 6.92 Å². The Morgan fingerprint density at radius 1 is 1.55 bits per heavy atom. The largest absolute Gasteiger partial charge is 0.478 e. The maximum absolute atomic E-state index is 11.9. The van der Waals surface area contributed by atoms with Crippen molar-refractivity contribution in [3.05, 3.63) is 45.5 Å². The lowest BCUT2D eigenvalue weighted by atomic mass is 10.2. The molecule has 2 heterocycles. The molecule has 2 aromatic rings. The summed E-state index contributed by atoms with van der Waals surface area (Å²) in [5, 5.41) is 14.8. The highest BCUT2D eigenvalue weighted by Crippen LogP contribution is 2.23. The van der Waals surface area contributed by atoms with Gasteiger partial charge in [-0.3, -0.25) is 4.79 Å². The van der Waals surface area contributed by atoms with Gasteiger partial charge in [-0.05, 0) is 24.6 Å². The second-order valence-corrected chi connectivity index (χ2v) is 5.07. The fraction of sp³-hybridized carbons (Fsp3) is 0.154. The minimum atomic E-state index is -1.02. The quantitative estimate of drug-likeness (QED) is 0.823. The summed E-state index contributed by atoms with van der Waals surface area (Å²) >= 11 is 1.24. The molecule has 0 aliphatic carbocycles. The molecule has 0 atom stereocenters. The summed E-state index contributed by atoms with van der Waals surface area (Å²) in [5.74, 6) is -0.684. The molecule has 0 saturated carbocycles. The van der Waals surface area contributed by atoms with Gasteiger partial charge in [-0.15, -0.1) is 11.3 Å². The molecule has 0 fully saturated rings. The van der Waals surface area contributed by atoms with Crippen molar-refractivity contribution in [1.82, 2.24) is 10.5 Å². The zero-order valence-electron chi connectivity index (χ0n) is 10.6. The van der Waals surface area contributed by atoms with Crippen molar-refractivity contribution in [3.63, 3.8) is 0 Å². The lowest BCUT2D eigenvalue weighted by Crippen LogP contribution is -2.21. The average Bonchev–Trinajstić information content (AvgIpc) is 3.03. The van der Waals surface area contributed by atoms with Crippen LogP contribution in [0.1, 0.15) is 25.9 Å². The lowest BCUT2D eigenvalue weighted by molar-refractivity contribution is -0.131. The van der Waals surface area contributed by atoms with Gasteiger partial charge in [-0.25, -0.2) is 4.79 Å². The molecule has 7 heteroatoms. The van der Waals surface area contributed by atoms with E-state index in [9.17, 15) is 9.59 Å². The molecular formula is C13H12N2O4S. The number of carbonyl (C=O) groups excluding carboxylic acids is 1. The molecule has 0 spiro atoms. The summed E-state index contributed by atoms with van der Waals surface area (Å²) in [6, 6.07) is 3.39. The van der Waals surface area contributed by atoms with Gasteiger partial charge in [0.05, 0.1) is 17.6 Å². The van der Waals surface area contributed by atoms with Gasteiger partial charge in [-0.1, -0.05) is 5.16 Å². The van der Waals surface area contributed by atoms with Gasteiger partial charge in [0, 0.05) is 17.0 Å². The zero-order chi connectivity index (χ0) is 14.5. The molecule has 0 saturated heterocycles. The first kappa shape index (κ1) is 14.0. The lowest BCUT2D eigenvalue weighted by Gasteiger charge is -1.99. The van der Waals surface area contributed by atoms with E-state index < -0.39 is 5.97 Å². The van der Waals surface area contributed by atoms with E-state index >= 15 is 0 Å². The SMILES string of the molecule is Cc1cc(C(=O)NCc2ccno2)sc1/C=C/C(=O)O. The number of carboxylic acid groups (broad SMARTS) is 1. The van der Waals surface area contributed by atoms with Crippen LogP contribution < -0.4 is 5.32 Å². The Morgan fingerprint density at radius 2 is 2.35 bits per heavy atom. The summed E-state index contributed by atoms with van der Waals surface area (Å²) in [6.45, 7) is 2.08. The number of nitrogens with zero attached hydrogens (tertiary/aromatic N) is 1. The van der Waals surface area contributed by atoms with Gasteiger partial charge in [0.2, 0.25) is 0 Å². The van der Waals surface area contributed by atoms with Crippen LogP contribution in [-0.4, -0.2) is 22.1 Å². The van der Waals surface area contributed by atoms with Crippen molar-refractivity contribution in [1.29, 1.82) is 0 Å². The first-order valence-electron chi connectivity index (χ1n) is 5.75. The van der Waals surface area contributed by atoms with Crippen molar-refractivity contribution in [2.45, 2.75) is 13.5 Å². The van der Waals surface area contributed by atoms with E-state index in [-0.39, 0.29) is 12.5 Å². The number of aliphatic carboxylic acids is 1. The molecule has 0 bridgehead atoms. The van der Waals surface area contributed by atoms with Gasteiger partial charge in [0.15, 0.2) is 5.76 Å². The molecule has 0 unspecified atom stereocenters. The summed E-state index contributed by atoms with van der Waals surface area (Å²) in [5.41, 5.74) is 0.859. The number of hydrogen-bond donors (Lipinski definition) is 2. The monoisotopic (exact) mass is 292 g/mol. The van der Waals surface area contributed by atoms with Crippen LogP contribution in [0.3, 0.4) is 0 Å². The van der Waals surface area contributed by atoms with Crippen molar-refractivity contribution in [2.75, 3.05) is 0 Å². The van der Waals surface area contributed by atoms with Gasteiger partial charge < -0.3 is 14.9 Å². The Hall–Kier alpha value is -2.41. The van der Waals surface area contributed by atoms with E-state index in [4.69, 9.17) is 9.63 Å². The second-order valence-electron chi connectivity index (χ2n) is 3.99. The zero-order valence-corrected chi connectivity index (χ0v) is 11.4. The molecule has 0 aliphatic rings. The topological polar surface area (TPSA) is 92.4 Å². The smallest absolute Gasteiger partial charge is 0.328 e. The fourth-order valence-electron chi connectivity index (χ4n) is 1.51.